The van der Waals surface area contributed by atoms with Crippen molar-refractivity contribution in [3.63, 3.8) is 0 Å². The van der Waals surface area contributed by atoms with Gasteiger partial charge in [0.25, 0.3) is 0 Å². The first-order chi connectivity index (χ1) is 13.6. The number of hydrogen-bond donors (Lipinski definition) is 1. The fourth-order valence-electron chi connectivity index (χ4n) is 3.48. The van der Waals surface area contributed by atoms with Crippen LogP contribution < -0.4 is 19.9 Å². The van der Waals surface area contributed by atoms with Gasteiger partial charge in [0, 0.05) is 59.6 Å². The normalized spacial score (nSPS) is 14.3. The number of nitrogens with one attached hydrogen (secondary N) is 1. The van der Waals surface area contributed by atoms with Gasteiger partial charge in [0.2, 0.25) is 0 Å². The lowest BCUT2D eigenvalue weighted by Crippen LogP contribution is -2.52. The molecular formula is C22H32IN5O. The summed E-state index contributed by atoms with van der Waals surface area (Å²) in [6.07, 6.45) is 0. The summed E-state index contributed by atoms with van der Waals surface area (Å²) in [5.74, 6) is 1.89. The molecular weight excluding hydrogens is 477 g/mol. The molecule has 1 N–H and O–H groups in total. The molecule has 2 aromatic carbocycles. The van der Waals surface area contributed by atoms with Gasteiger partial charge in [0.1, 0.15) is 5.75 Å². The molecule has 6 nitrogen and oxygen atoms in total. The maximum absolute atomic E-state index is 5.51. The fraction of sp³-hybridized carbons (Fsp3) is 0.409. The highest BCUT2D eigenvalue weighted by atomic mass is 127. The summed E-state index contributed by atoms with van der Waals surface area (Å²) in [5.41, 5.74) is 3.62. The van der Waals surface area contributed by atoms with E-state index in [1.54, 1.807) is 7.11 Å². The number of aliphatic imine (C=N–C) groups is 1. The van der Waals surface area contributed by atoms with Gasteiger partial charge in [-0.2, -0.15) is 0 Å². The van der Waals surface area contributed by atoms with Crippen LogP contribution in [0.25, 0.3) is 0 Å². The molecule has 1 aliphatic rings. The first-order valence-electron chi connectivity index (χ1n) is 9.72. The number of piperazine rings is 1. The lowest BCUT2D eigenvalue weighted by molar-refractivity contribution is 0.367. The number of hydrogen-bond acceptors (Lipinski definition) is 4. The molecule has 0 radical (unpaired) electrons. The average Bonchev–Trinajstić information content (AvgIpc) is 2.75. The molecule has 1 fully saturated rings. The van der Waals surface area contributed by atoms with Crippen molar-refractivity contribution < 1.29 is 4.74 Å². The van der Waals surface area contributed by atoms with Crippen LogP contribution in [0.1, 0.15) is 5.56 Å². The number of anilines is 2. The zero-order valence-electron chi connectivity index (χ0n) is 17.8. The Kier molecular flexibility index (Phi) is 8.88. The molecule has 29 heavy (non-hydrogen) atoms. The summed E-state index contributed by atoms with van der Waals surface area (Å²) >= 11 is 0. The lowest BCUT2D eigenvalue weighted by Gasteiger charge is -2.38. The Labute approximate surface area is 191 Å². The van der Waals surface area contributed by atoms with Crippen LogP contribution in [0.5, 0.6) is 5.75 Å². The van der Waals surface area contributed by atoms with Crippen LogP contribution in [0.2, 0.25) is 0 Å². The molecule has 0 aromatic heterocycles. The van der Waals surface area contributed by atoms with Crippen molar-refractivity contribution in [3.8, 4) is 5.75 Å². The van der Waals surface area contributed by atoms with Gasteiger partial charge in [-0.25, -0.2) is 0 Å². The molecule has 0 aliphatic carbocycles. The van der Waals surface area contributed by atoms with Crippen molar-refractivity contribution in [3.05, 3.63) is 54.1 Å². The second kappa shape index (κ2) is 11.1. The molecule has 0 saturated carbocycles. The molecule has 0 bridgehead atoms. The summed E-state index contributed by atoms with van der Waals surface area (Å²) in [4.78, 5) is 11.3. The average molecular weight is 509 g/mol. The quantitative estimate of drug-likeness (QED) is 0.381. The summed E-state index contributed by atoms with van der Waals surface area (Å²) in [5, 5.41) is 3.50. The van der Waals surface area contributed by atoms with Crippen LogP contribution >= 0.6 is 24.0 Å². The van der Waals surface area contributed by atoms with Crippen LogP contribution in [-0.2, 0) is 6.54 Å². The number of halogens is 1. The first kappa shape index (κ1) is 23.1. The Morgan fingerprint density at radius 2 is 1.69 bits per heavy atom. The predicted octanol–water partition coefficient (Wildman–Crippen LogP) is 3.28. The van der Waals surface area contributed by atoms with Crippen LogP contribution in [0.4, 0.5) is 11.4 Å². The number of ether oxygens (including phenoxy) is 1. The molecule has 158 valence electrons. The minimum Gasteiger partial charge on any atom is -0.495 e. The van der Waals surface area contributed by atoms with Crippen molar-refractivity contribution in [2.45, 2.75) is 6.54 Å². The third-order valence-electron chi connectivity index (χ3n) is 5.12. The monoisotopic (exact) mass is 509 g/mol. The van der Waals surface area contributed by atoms with Crippen LogP contribution in [-0.4, -0.2) is 65.3 Å². The summed E-state index contributed by atoms with van der Waals surface area (Å²) in [7, 11) is 7.69. The third kappa shape index (κ3) is 5.91. The molecule has 3 rings (SSSR count). The van der Waals surface area contributed by atoms with Gasteiger partial charge < -0.3 is 24.8 Å². The highest BCUT2D eigenvalue weighted by Gasteiger charge is 2.21. The SMILES string of the molecule is CN=C(NCc1ccc(N(C)C)cc1)N1CCN(c2ccccc2OC)CC1.I. The Hall–Kier alpha value is -2.16. The van der Waals surface area contributed by atoms with Gasteiger partial charge >= 0.3 is 0 Å². The van der Waals surface area contributed by atoms with E-state index in [-0.39, 0.29) is 24.0 Å². The van der Waals surface area contributed by atoms with Gasteiger partial charge in [-0.3, -0.25) is 4.99 Å². The first-order valence-corrected chi connectivity index (χ1v) is 9.72. The van der Waals surface area contributed by atoms with Gasteiger partial charge in [0.05, 0.1) is 12.8 Å². The Balaban J connectivity index is 0.00000300. The van der Waals surface area contributed by atoms with Crippen LogP contribution in [0.3, 0.4) is 0 Å². The van der Waals surface area contributed by atoms with Crippen molar-refractivity contribution in [2.24, 2.45) is 4.99 Å². The number of guanidine groups is 1. The van der Waals surface area contributed by atoms with E-state index in [0.29, 0.717) is 0 Å². The summed E-state index contributed by atoms with van der Waals surface area (Å²) in [6.45, 7) is 4.51. The van der Waals surface area contributed by atoms with Crippen molar-refractivity contribution in [2.75, 3.05) is 64.2 Å². The maximum atomic E-state index is 5.51. The van der Waals surface area contributed by atoms with Crippen molar-refractivity contribution in [1.82, 2.24) is 10.2 Å². The van der Waals surface area contributed by atoms with E-state index >= 15 is 0 Å². The van der Waals surface area contributed by atoms with E-state index in [9.17, 15) is 0 Å². The summed E-state index contributed by atoms with van der Waals surface area (Å²) < 4.78 is 5.51. The second-order valence-electron chi connectivity index (χ2n) is 7.11. The number of methoxy groups -OCH3 is 1. The molecule has 0 spiro atoms. The molecule has 1 heterocycles. The van der Waals surface area contributed by atoms with Crippen LogP contribution in [0.15, 0.2) is 53.5 Å². The van der Waals surface area contributed by atoms with Gasteiger partial charge in [-0.15, -0.1) is 24.0 Å². The van der Waals surface area contributed by atoms with Crippen molar-refractivity contribution >= 4 is 41.3 Å². The minimum absolute atomic E-state index is 0. The minimum atomic E-state index is 0. The molecule has 0 unspecified atom stereocenters. The van der Waals surface area contributed by atoms with Crippen LogP contribution in [0, 0.1) is 0 Å². The Bertz CT molecular complexity index is 786. The van der Waals surface area contributed by atoms with Gasteiger partial charge in [-0.05, 0) is 29.8 Å². The van der Waals surface area contributed by atoms with Gasteiger partial charge in [-0.1, -0.05) is 24.3 Å². The topological polar surface area (TPSA) is 43.3 Å². The predicted molar refractivity (Wildman–Crippen MR) is 133 cm³/mol. The molecule has 2 aromatic rings. The molecule has 7 heteroatoms. The molecule has 1 saturated heterocycles. The molecule has 0 atom stereocenters. The zero-order chi connectivity index (χ0) is 19.9. The highest BCUT2D eigenvalue weighted by Crippen LogP contribution is 2.28. The van der Waals surface area contributed by atoms with E-state index in [1.165, 1.54) is 11.3 Å². The van der Waals surface area contributed by atoms with E-state index in [0.717, 1.165) is 50.1 Å². The number of benzene rings is 2. The van der Waals surface area contributed by atoms with Gasteiger partial charge in [0.15, 0.2) is 5.96 Å². The smallest absolute Gasteiger partial charge is 0.194 e. The van der Waals surface area contributed by atoms with E-state index in [1.807, 2.05) is 19.2 Å². The Morgan fingerprint density at radius 3 is 2.28 bits per heavy atom. The second-order valence-corrected chi connectivity index (χ2v) is 7.11. The Morgan fingerprint density at radius 1 is 1.03 bits per heavy atom. The van der Waals surface area contributed by atoms with E-state index in [2.05, 4.69) is 75.5 Å². The zero-order valence-corrected chi connectivity index (χ0v) is 20.1. The molecule has 0 amide bonds. The maximum Gasteiger partial charge on any atom is 0.194 e. The van der Waals surface area contributed by atoms with E-state index in [4.69, 9.17) is 4.74 Å². The largest absolute Gasteiger partial charge is 0.495 e. The highest BCUT2D eigenvalue weighted by molar-refractivity contribution is 14.0. The van der Waals surface area contributed by atoms with Crippen molar-refractivity contribution in [1.29, 1.82) is 0 Å². The fourth-order valence-corrected chi connectivity index (χ4v) is 3.48. The van der Waals surface area contributed by atoms with E-state index < -0.39 is 0 Å². The number of rotatable bonds is 5. The number of para-hydroxylation sites is 2. The number of nitrogens with zero attached hydrogens (tertiary/aromatic N) is 4. The summed E-state index contributed by atoms with van der Waals surface area (Å²) in [6, 6.07) is 16.8. The standard InChI is InChI=1S/C22H31N5O.HI/c1-23-22(24-17-18-9-11-19(12-10-18)25(2)3)27-15-13-26(14-16-27)20-7-5-6-8-21(20)28-4;/h5-12H,13-17H2,1-4H3,(H,23,24);1H. The third-order valence-corrected chi connectivity index (χ3v) is 5.12. The molecule has 1 aliphatic heterocycles. The lowest BCUT2D eigenvalue weighted by atomic mass is 10.2.